The Bertz CT molecular complexity index is 451. The van der Waals surface area contributed by atoms with E-state index in [9.17, 15) is 0 Å². The van der Waals surface area contributed by atoms with Gasteiger partial charge >= 0.3 is 0 Å². The molecule has 2 aromatic heterocycles. The molecule has 0 fully saturated rings. The lowest BCUT2D eigenvalue weighted by Gasteiger charge is -2.04. The summed E-state index contributed by atoms with van der Waals surface area (Å²) in [5.74, 6) is 0. The van der Waals surface area contributed by atoms with E-state index in [1.807, 2.05) is 18.3 Å². The molecule has 0 saturated carbocycles. The van der Waals surface area contributed by atoms with Crippen LogP contribution >= 0.6 is 0 Å². The summed E-state index contributed by atoms with van der Waals surface area (Å²) in [6.45, 7) is 2.82. The molecule has 2 N–H and O–H groups in total. The van der Waals surface area contributed by atoms with E-state index in [0.29, 0.717) is 6.54 Å². The maximum Gasteiger partial charge on any atom is 0.0994 e. The Balaban J connectivity index is 2.04. The van der Waals surface area contributed by atoms with Gasteiger partial charge in [-0.3, -0.25) is 4.98 Å². The molecule has 0 radical (unpaired) electrons. The van der Waals surface area contributed by atoms with Crippen LogP contribution in [0, 0.1) is 0 Å². The van der Waals surface area contributed by atoms with Crippen molar-refractivity contribution in [1.82, 2.24) is 20.0 Å². The number of nitrogens with zero attached hydrogens (tertiary/aromatic N) is 4. The molecule has 0 aromatic carbocycles. The molecule has 2 aromatic rings. The van der Waals surface area contributed by atoms with E-state index in [-0.39, 0.29) is 6.04 Å². The van der Waals surface area contributed by atoms with Crippen LogP contribution in [0.25, 0.3) is 0 Å². The van der Waals surface area contributed by atoms with Gasteiger partial charge in [-0.15, -0.1) is 5.10 Å². The molecule has 1 unspecified atom stereocenters. The van der Waals surface area contributed by atoms with E-state index in [1.165, 1.54) is 0 Å². The largest absolute Gasteiger partial charge is 0.323 e. The molecule has 0 aliphatic carbocycles. The maximum atomic E-state index is 5.99. The second kappa shape index (κ2) is 5.54. The first-order valence-electron chi connectivity index (χ1n) is 5.84. The van der Waals surface area contributed by atoms with Gasteiger partial charge in [-0.25, -0.2) is 4.68 Å². The SMILES string of the molecule is CCCC(N)c1cn(Cc2ccncc2)nn1. The first-order chi connectivity index (χ1) is 8.29. The van der Waals surface area contributed by atoms with Crippen molar-refractivity contribution in [1.29, 1.82) is 0 Å². The fourth-order valence-electron chi connectivity index (χ4n) is 1.69. The van der Waals surface area contributed by atoms with Gasteiger partial charge in [-0.05, 0) is 24.1 Å². The van der Waals surface area contributed by atoms with Crippen LogP contribution in [0.1, 0.15) is 37.1 Å². The fraction of sp³-hybridized carbons (Fsp3) is 0.417. The van der Waals surface area contributed by atoms with Gasteiger partial charge in [0.1, 0.15) is 0 Å². The third-order valence-corrected chi connectivity index (χ3v) is 2.63. The summed E-state index contributed by atoms with van der Waals surface area (Å²) in [6, 6.07) is 3.92. The van der Waals surface area contributed by atoms with E-state index in [4.69, 9.17) is 5.73 Å². The Labute approximate surface area is 101 Å². The summed E-state index contributed by atoms with van der Waals surface area (Å²) >= 11 is 0. The minimum absolute atomic E-state index is 0.00816. The highest BCUT2D eigenvalue weighted by Crippen LogP contribution is 2.12. The Kier molecular flexibility index (Phi) is 3.82. The second-order valence-electron chi connectivity index (χ2n) is 4.09. The van der Waals surface area contributed by atoms with Crippen LogP contribution in [0.5, 0.6) is 0 Å². The third-order valence-electron chi connectivity index (χ3n) is 2.63. The van der Waals surface area contributed by atoms with E-state index < -0.39 is 0 Å². The minimum atomic E-state index is -0.00816. The normalized spacial score (nSPS) is 12.6. The van der Waals surface area contributed by atoms with Crippen molar-refractivity contribution in [2.75, 3.05) is 0 Å². The zero-order chi connectivity index (χ0) is 12.1. The average Bonchev–Trinajstić information content (AvgIpc) is 2.79. The lowest BCUT2D eigenvalue weighted by Crippen LogP contribution is -2.10. The molecule has 0 amide bonds. The predicted octanol–water partition coefficient (Wildman–Crippen LogP) is 1.52. The van der Waals surface area contributed by atoms with Gasteiger partial charge in [0.15, 0.2) is 0 Å². The number of rotatable bonds is 5. The highest BCUT2D eigenvalue weighted by Gasteiger charge is 2.09. The van der Waals surface area contributed by atoms with Gasteiger partial charge in [-0.1, -0.05) is 18.6 Å². The molecule has 1 atom stereocenters. The molecule has 2 rings (SSSR count). The molecule has 2 heterocycles. The highest BCUT2D eigenvalue weighted by atomic mass is 15.4. The molecule has 0 saturated heterocycles. The number of hydrogen-bond donors (Lipinski definition) is 1. The van der Waals surface area contributed by atoms with Crippen molar-refractivity contribution in [2.45, 2.75) is 32.4 Å². The summed E-state index contributed by atoms with van der Waals surface area (Å²) in [4.78, 5) is 3.98. The van der Waals surface area contributed by atoms with Crippen LogP contribution in [-0.4, -0.2) is 20.0 Å². The zero-order valence-corrected chi connectivity index (χ0v) is 9.95. The summed E-state index contributed by atoms with van der Waals surface area (Å²) in [5.41, 5.74) is 8.00. The topological polar surface area (TPSA) is 69.6 Å². The molecular formula is C12H17N5. The van der Waals surface area contributed by atoms with E-state index in [1.54, 1.807) is 17.1 Å². The van der Waals surface area contributed by atoms with Crippen molar-refractivity contribution < 1.29 is 0 Å². The molecule has 0 aliphatic heterocycles. The molecule has 5 heteroatoms. The van der Waals surface area contributed by atoms with Gasteiger partial charge in [0.25, 0.3) is 0 Å². The summed E-state index contributed by atoms with van der Waals surface area (Å²) in [7, 11) is 0. The van der Waals surface area contributed by atoms with Crippen LogP contribution in [0.4, 0.5) is 0 Å². The monoisotopic (exact) mass is 231 g/mol. The van der Waals surface area contributed by atoms with Gasteiger partial charge < -0.3 is 5.73 Å². The van der Waals surface area contributed by atoms with Gasteiger partial charge in [-0.2, -0.15) is 0 Å². The van der Waals surface area contributed by atoms with E-state index >= 15 is 0 Å². The molecular weight excluding hydrogens is 214 g/mol. The van der Waals surface area contributed by atoms with Crippen LogP contribution < -0.4 is 5.73 Å². The molecule has 0 aliphatic rings. The number of nitrogens with two attached hydrogens (primary N) is 1. The Morgan fingerprint density at radius 1 is 1.35 bits per heavy atom. The van der Waals surface area contributed by atoms with Crippen LogP contribution in [0.3, 0.4) is 0 Å². The average molecular weight is 231 g/mol. The van der Waals surface area contributed by atoms with Gasteiger partial charge in [0, 0.05) is 12.4 Å². The van der Waals surface area contributed by atoms with Crippen molar-refractivity contribution >= 4 is 0 Å². The number of hydrogen-bond acceptors (Lipinski definition) is 4. The summed E-state index contributed by atoms with van der Waals surface area (Å²) in [5, 5.41) is 8.18. The van der Waals surface area contributed by atoms with Crippen LogP contribution in [-0.2, 0) is 6.54 Å². The van der Waals surface area contributed by atoms with Crippen LogP contribution in [0.15, 0.2) is 30.7 Å². The van der Waals surface area contributed by atoms with Crippen molar-refractivity contribution in [3.05, 3.63) is 42.0 Å². The van der Waals surface area contributed by atoms with E-state index in [0.717, 1.165) is 24.1 Å². The molecule has 0 spiro atoms. The molecule has 90 valence electrons. The fourth-order valence-corrected chi connectivity index (χ4v) is 1.69. The quantitative estimate of drug-likeness (QED) is 0.847. The maximum absolute atomic E-state index is 5.99. The Morgan fingerprint density at radius 2 is 2.12 bits per heavy atom. The molecule has 5 nitrogen and oxygen atoms in total. The molecule has 17 heavy (non-hydrogen) atoms. The minimum Gasteiger partial charge on any atom is -0.323 e. The van der Waals surface area contributed by atoms with Crippen molar-refractivity contribution in [3.63, 3.8) is 0 Å². The number of pyridine rings is 1. The smallest absolute Gasteiger partial charge is 0.0994 e. The second-order valence-corrected chi connectivity index (χ2v) is 4.09. The zero-order valence-electron chi connectivity index (χ0n) is 9.95. The van der Waals surface area contributed by atoms with Crippen LogP contribution in [0.2, 0.25) is 0 Å². The van der Waals surface area contributed by atoms with Crippen molar-refractivity contribution in [3.8, 4) is 0 Å². The van der Waals surface area contributed by atoms with Gasteiger partial charge in [0.2, 0.25) is 0 Å². The standard InChI is InChI=1S/C12H17N5/c1-2-3-11(13)12-9-17(16-15-12)8-10-4-6-14-7-5-10/h4-7,9,11H,2-3,8,13H2,1H3. The number of aromatic nitrogens is 4. The Morgan fingerprint density at radius 3 is 2.82 bits per heavy atom. The summed E-state index contributed by atoms with van der Waals surface area (Å²) in [6.07, 6.45) is 7.46. The predicted molar refractivity (Wildman–Crippen MR) is 65.2 cm³/mol. The first kappa shape index (κ1) is 11.7. The van der Waals surface area contributed by atoms with Gasteiger partial charge in [0.05, 0.1) is 24.5 Å². The Hall–Kier alpha value is -1.75. The van der Waals surface area contributed by atoms with Crippen molar-refractivity contribution in [2.24, 2.45) is 5.73 Å². The lowest BCUT2D eigenvalue weighted by atomic mass is 10.1. The lowest BCUT2D eigenvalue weighted by molar-refractivity contribution is 0.617. The first-order valence-corrected chi connectivity index (χ1v) is 5.84. The van der Waals surface area contributed by atoms with E-state index in [2.05, 4.69) is 22.2 Å². The molecule has 0 bridgehead atoms. The third kappa shape index (κ3) is 3.10. The highest BCUT2D eigenvalue weighted by molar-refractivity contribution is 5.10. The summed E-state index contributed by atoms with van der Waals surface area (Å²) < 4.78 is 1.81.